The Hall–Kier alpha value is -1.14. The highest BCUT2D eigenvalue weighted by Crippen LogP contribution is 2.42. The zero-order valence-corrected chi connectivity index (χ0v) is 9.67. The first-order chi connectivity index (χ1) is 8.18. The van der Waals surface area contributed by atoms with Gasteiger partial charge in [-0.3, -0.25) is 0 Å². The van der Waals surface area contributed by atoms with Crippen molar-refractivity contribution in [3.8, 4) is 0 Å². The van der Waals surface area contributed by atoms with E-state index in [-0.39, 0.29) is 12.1 Å². The van der Waals surface area contributed by atoms with Gasteiger partial charge in [0.15, 0.2) is 0 Å². The summed E-state index contributed by atoms with van der Waals surface area (Å²) in [4.78, 5) is 2.11. The number of hydrogen-bond acceptors (Lipinski definition) is 0. The van der Waals surface area contributed by atoms with E-state index in [1.54, 1.807) is 0 Å². The van der Waals surface area contributed by atoms with Crippen LogP contribution >= 0.6 is 0 Å². The number of hydrogen-bond donors (Lipinski definition) is 1. The quantitative estimate of drug-likeness (QED) is 0.600. The Morgan fingerprint density at radius 1 is 1.00 bits per heavy atom. The number of alkyl halides is 6. The SMILES string of the molecule is CCCCCc1[nH]cc(C(F)(F)F)c1C(F)(F)F. The number of aryl methyl sites for hydroxylation is 1. The Labute approximate surface area is 100 Å². The van der Waals surface area contributed by atoms with Gasteiger partial charge in [-0.05, 0) is 12.8 Å². The predicted octanol–water partition coefficient (Wildman–Crippen LogP) is 4.79. The molecule has 18 heavy (non-hydrogen) atoms. The molecule has 0 aliphatic carbocycles. The molecule has 0 bridgehead atoms. The number of H-pyrrole nitrogens is 1. The molecule has 0 saturated heterocycles. The topological polar surface area (TPSA) is 15.8 Å². The molecule has 0 spiro atoms. The standard InChI is InChI=1S/C11H13F6N/c1-2-3-4-5-8-9(11(15,16)17)7(6-18-8)10(12,13)14/h6,18H,2-5H2,1H3. The summed E-state index contributed by atoms with van der Waals surface area (Å²) in [5.74, 6) is 0. The summed E-state index contributed by atoms with van der Waals surface area (Å²) < 4.78 is 75.4. The lowest BCUT2D eigenvalue weighted by molar-refractivity contribution is -0.161. The van der Waals surface area contributed by atoms with E-state index in [1.165, 1.54) is 0 Å². The molecular weight excluding hydrogens is 260 g/mol. The van der Waals surface area contributed by atoms with Crippen molar-refractivity contribution in [3.05, 3.63) is 23.0 Å². The molecule has 0 fully saturated rings. The highest BCUT2D eigenvalue weighted by Gasteiger charge is 2.45. The summed E-state index contributed by atoms with van der Waals surface area (Å²) in [5, 5.41) is 0. The van der Waals surface area contributed by atoms with Crippen molar-refractivity contribution in [2.45, 2.75) is 45.0 Å². The first-order valence-electron chi connectivity index (χ1n) is 5.52. The third kappa shape index (κ3) is 3.43. The Bertz CT molecular complexity index is 387. The van der Waals surface area contributed by atoms with Crippen LogP contribution in [0.3, 0.4) is 0 Å². The number of unbranched alkanes of at least 4 members (excludes halogenated alkanes) is 2. The maximum atomic E-state index is 12.7. The van der Waals surface area contributed by atoms with Gasteiger partial charge in [0.2, 0.25) is 0 Å². The zero-order chi connectivity index (χ0) is 14.0. The molecule has 0 saturated carbocycles. The van der Waals surface area contributed by atoms with E-state index < -0.39 is 23.5 Å². The van der Waals surface area contributed by atoms with E-state index in [2.05, 4.69) is 4.98 Å². The molecule has 0 radical (unpaired) electrons. The molecule has 1 rings (SSSR count). The minimum atomic E-state index is -5.00. The van der Waals surface area contributed by atoms with Crippen LogP contribution in [-0.2, 0) is 18.8 Å². The van der Waals surface area contributed by atoms with E-state index in [1.807, 2.05) is 6.92 Å². The zero-order valence-electron chi connectivity index (χ0n) is 9.67. The van der Waals surface area contributed by atoms with Gasteiger partial charge in [0.05, 0.1) is 11.1 Å². The average molecular weight is 273 g/mol. The Morgan fingerprint density at radius 3 is 2.06 bits per heavy atom. The number of halogens is 6. The summed E-state index contributed by atoms with van der Waals surface area (Å²) in [6, 6.07) is 0. The fourth-order valence-electron chi connectivity index (χ4n) is 1.76. The van der Waals surface area contributed by atoms with Crippen LogP contribution in [0.1, 0.15) is 43.0 Å². The molecule has 7 heteroatoms. The third-order valence-electron chi connectivity index (χ3n) is 2.58. The largest absolute Gasteiger partial charge is 0.418 e. The van der Waals surface area contributed by atoms with Crippen LogP contribution < -0.4 is 0 Å². The van der Waals surface area contributed by atoms with Crippen molar-refractivity contribution in [1.82, 2.24) is 4.98 Å². The van der Waals surface area contributed by atoms with Crippen molar-refractivity contribution in [3.63, 3.8) is 0 Å². The fourth-order valence-corrected chi connectivity index (χ4v) is 1.76. The maximum Gasteiger partial charge on any atom is 0.418 e. The number of aromatic amines is 1. The summed E-state index contributed by atoms with van der Waals surface area (Å²) >= 11 is 0. The van der Waals surface area contributed by atoms with Crippen molar-refractivity contribution in [2.75, 3.05) is 0 Å². The van der Waals surface area contributed by atoms with E-state index in [0.29, 0.717) is 19.0 Å². The lowest BCUT2D eigenvalue weighted by Crippen LogP contribution is -2.16. The molecule has 1 N–H and O–H groups in total. The number of nitrogens with one attached hydrogen (secondary N) is 1. The van der Waals surface area contributed by atoms with Gasteiger partial charge in [-0.15, -0.1) is 0 Å². The lowest BCUT2D eigenvalue weighted by Gasteiger charge is -2.13. The normalized spacial score (nSPS) is 13.1. The van der Waals surface area contributed by atoms with E-state index >= 15 is 0 Å². The molecule has 104 valence electrons. The van der Waals surface area contributed by atoms with Crippen LogP contribution in [0.2, 0.25) is 0 Å². The maximum absolute atomic E-state index is 12.7. The first-order valence-corrected chi connectivity index (χ1v) is 5.52. The summed E-state index contributed by atoms with van der Waals surface area (Å²) in [6.07, 6.45) is -7.73. The van der Waals surface area contributed by atoms with Crippen molar-refractivity contribution in [1.29, 1.82) is 0 Å². The Kier molecular flexibility index (Phi) is 4.34. The van der Waals surface area contributed by atoms with Gasteiger partial charge < -0.3 is 4.98 Å². The van der Waals surface area contributed by atoms with Crippen LogP contribution in [0.25, 0.3) is 0 Å². The average Bonchev–Trinajstić information content (AvgIpc) is 2.60. The van der Waals surface area contributed by atoms with Gasteiger partial charge in [-0.2, -0.15) is 26.3 Å². The highest BCUT2D eigenvalue weighted by molar-refractivity contribution is 5.36. The smallest absolute Gasteiger partial charge is 0.364 e. The molecule has 0 unspecified atom stereocenters. The van der Waals surface area contributed by atoms with E-state index in [9.17, 15) is 26.3 Å². The van der Waals surface area contributed by atoms with Crippen LogP contribution in [0.4, 0.5) is 26.3 Å². The summed E-state index contributed by atoms with van der Waals surface area (Å²) in [6.45, 7) is 1.86. The van der Waals surface area contributed by atoms with Gasteiger partial charge in [0, 0.05) is 11.9 Å². The minimum absolute atomic E-state index is 0.0290. The molecule has 1 aromatic rings. The van der Waals surface area contributed by atoms with Gasteiger partial charge in [-0.25, -0.2) is 0 Å². The van der Waals surface area contributed by atoms with Gasteiger partial charge in [0.25, 0.3) is 0 Å². The third-order valence-corrected chi connectivity index (χ3v) is 2.58. The molecule has 0 aromatic carbocycles. The van der Waals surface area contributed by atoms with Crippen molar-refractivity contribution in [2.24, 2.45) is 0 Å². The molecule has 1 heterocycles. The van der Waals surface area contributed by atoms with Crippen LogP contribution in [0.15, 0.2) is 6.20 Å². The van der Waals surface area contributed by atoms with Crippen LogP contribution in [0, 0.1) is 0 Å². The lowest BCUT2D eigenvalue weighted by atomic mass is 10.1. The van der Waals surface area contributed by atoms with Crippen LogP contribution in [-0.4, -0.2) is 4.98 Å². The molecule has 1 nitrogen and oxygen atoms in total. The number of rotatable bonds is 4. The molecule has 1 aromatic heterocycles. The summed E-state index contributed by atoms with van der Waals surface area (Å²) in [5.41, 5.74) is -3.60. The molecule has 0 amide bonds. The highest BCUT2D eigenvalue weighted by atomic mass is 19.4. The Balaban J connectivity index is 3.09. The van der Waals surface area contributed by atoms with Crippen molar-refractivity contribution >= 4 is 0 Å². The summed E-state index contributed by atoms with van der Waals surface area (Å²) in [7, 11) is 0. The van der Waals surface area contributed by atoms with Gasteiger partial charge in [-0.1, -0.05) is 19.8 Å². The molecule has 0 atom stereocenters. The van der Waals surface area contributed by atoms with E-state index in [4.69, 9.17) is 0 Å². The second kappa shape index (κ2) is 5.24. The predicted molar refractivity (Wildman–Crippen MR) is 54.0 cm³/mol. The monoisotopic (exact) mass is 273 g/mol. The minimum Gasteiger partial charge on any atom is -0.364 e. The molecular formula is C11H13F6N. The van der Waals surface area contributed by atoms with Gasteiger partial charge in [0.1, 0.15) is 0 Å². The second-order valence-electron chi connectivity index (χ2n) is 4.01. The van der Waals surface area contributed by atoms with Crippen LogP contribution in [0.5, 0.6) is 0 Å². The Morgan fingerprint density at radius 2 is 1.61 bits per heavy atom. The second-order valence-corrected chi connectivity index (χ2v) is 4.01. The van der Waals surface area contributed by atoms with Gasteiger partial charge >= 0.3 is 12.4 Å². The number of aromatic nitrogens is 1. The van der Waals surface area contributed by atoms with E-state index in [0.717, 1.165) is 6.42 Å². The first kappa shape index (κ1) is 14.9. The fraction of sp³-hybridized carbons (Fsp3) is 0.636. The molecule has 0 aliphatic heterocycles. The molecule has 0 aliphatic rings. The van der Waals surface area contributed by atoms with Crippen molar-refractivity contribution < 1.29 is 26.3 Å².